The van der Waals surface area contributed by atoms with E-state index in [0.717, 1.165) is 19.3 Å². The molecule has 1 aliphatic heterocycles. The van der Waals surface area contributed by atoms with Crippen molar-refractivity contribution in [2.45, 2.75) is 50.2 Å². The van der Waals surface area contributed by atoms with Gasteiger partial charge in [-0.2, -0.15) is 4.31 Å². The van der Waals surface area contributed by atoms with E-state index in [-0.39, 0.29) is 5.03 Å². The lowest BCUT2D eigenvalue weighted by atomic mass is 10.2. The third kappa shape index (κ3) is 2.57. The maximum atomic E-state index is 12.5. The van der Waals surface area contributed by atoms with Gasteiger partial charge in [0.1, 0.15) is 5.82 Å². The normalized spacial score (nSPS) is 22.9. The number of nitrogens with one attached hydrogen (secondary N) is 1. The molecule has 1 saturated heterocycles. The lowest BCUT2D eigenvalue weighted by Crippen LogP contribution is -2.45. The molecule has 0 radical (unpaired) electrons. The van der Waals surface area contributed by atoms with E-state index in [9.17, 15) is 8.42 Å². The van der Waals surface area contributed by atoms with Gasteiger partial charge < -0.3 is 10.7 Å². The summed E-state index contributed by atoms with van der Waals surface area (Å²) in [6, 6.07) is 0. The van der Waals surface area contributed by atoms with E-state index in [4.69, 9.17) is 5.73 Å². The monoisotopic (exact) mass is 272 g/mol. The Bertz CT molecular complexity index is 497. The van der Waals surface area contributed by atoms with Gasteiger partial charge in [-0.1, -0.05) is 19.8 Å². The van der Waals surface area contributed by atoms with Gasteiger partial charge >= 0.3 is 0 Å². The largest absolute Gasteiger partial charge is 0.332 e. The van der Waals surface area contributed by atoms with Crippen LogP contribution in [0.15, 0.2) is 11.2 Å². The second-order valence-electron chi connectivity index (χ2n) is 4.58. The fraction of sp³-hybridized carbons (Fsp3) is 0.727. The molecule has 6 nitrogen and oxygen atoms in total. The van der Waals surface area contributed by atoms with E-state index < -0.39 is 16.2 Å². The Morgan fingerprint density at radius 2 is 2.28 bits per heavy atom. The average Bonchev–Trinajstić information content (AvgIpc) is 2.72. The highest BCUT2D eigenvalue weighted by Gasteiger charge is 2.31. The van der Waals surface area contributed by atoms with Crippen molar-refractivity contribution in [3.8, 4) is 0 Å². The highest BCUT2D eigenvalue weighted by molar-refractivity contribution is 7.89. The fourth-order valence-electron chi connectivity index (χ4n) is 2.19. The first-order valence-corrected chi connectivity index (χ1v) is 7.81. The molecule has 18 heavy (non-hydrogen) atoms. The Morgan fingerprint density at radius 1 is 1.50 bits per heavy atom. The van der Waals surface area contributed by atoms with Crippen LogP contribution in [0.25, 0.3) is 0 Å². The number of hydrogen-bond acceptors (Lipinski definition) is 4. The van der Waals surface area contributed by atoms with Gasteiger partial charge in [0.2, 0.25) is 0 Å². The van der Waals surface area contributed by atoms with Crippen molar-refractivity contribution in [2.24, 2.45) is 5.73 Å². The van der Waals surface area contributed by atoms with Crippen LogP contribution >= 0.6 is 0 Å². The van der Waals surface area contributed by atoms with E-state index in [2.05, 4.69) is 9.97 Å². The Kier molecular flexibility index (Phi) is 4.04. The van der Waals surface area contributed by atoms with E-state index >= 15 is 0 Å². The summed E-state index contributed by atoms with van der Waals surface area (Å²) in [5.41, 5.74) is 5.95. The molecule has 1 aromatic rings. The first-order valence-electron chi connectivity index (χ1n) is 6.37. The molecule has 102 valence electrons. The van der Waals surface area contributed by atoms with Crippen LogP contribution in [0.2, 0.25) is 0 Å². The van der Waals surface area contributed by atoms with Crippen LogP contribution in [0.1, 0.15) is 38.4 Å². The van der Waals surface area contributed by atoms with Gasteiger partial charge in [0.05, 0.1) is 12.4 Å². The summed E-state index contributed by atoms with van der Waals surface area (Å²) < 4.78 is 26.3. The lowest BCUT2D eigenvalue weighted by molar-refractivity contribution is 0.328. The van der Waals surface area contributed by atoms with E-state index in [1.807, 2.05) is 6.92 Å². The van der Waals surface area contributed by atoms with Crippen LogP contribution < -0.4 is 5.73 Å². The highest BCUT2D eigenvalue weighted by atomic mass is 32.2. The van der Waals surface area contributed by atoms with Crippen LogP contribution in [0.3, 0.4) is 0 Å². The molecule has 2 heterocycles. The summed E-state index contributed by atoms with van der Waals surface area (Å²) >= 11 is 0. The Morgan fingerprint density at radius 3 is 2.94 bits per heavy atom. The molecular formula is C11H20N4O2S. The Hall–Kier alpha value is -0.920. The minimum absolute atomic E-state index is 0.150. The number of aromatic amines is 1. The number of rotatable bonds is 3. The minimum Gasteiger partial charge on any atom is -0.332 e. The first-order chi connectivity index (χ1) is 8.55. The molecule has 2 rings (SSSR count). The van der Waals surface area contributed by atoms with E-state index in [0.29, 0.717) is 25.2 Å². The van der Waals surface area contributed by atoms with E-state index in [1.54, 1.807) is 0 Å². The highest BCUT2D eigenvalue weighted by Crippen LogP contribution is 2.21. The summed E-state index contributed by atoms with van der Waals surface area (Å²) in [4.78, 5) is 6.89. The molecule has 0 spiro atoms. The van der Waals surface area contributed by atoms with Crippen molar-refractivity contribution in [1.82, 2.24) is 14.3 Å². The Labute approximate surface area is 108 Å². The number of aryl methyl sites for hydroxylation is 1. The van der Waals surface area contributed by atoms with Crippen LogP contribution in [0.4, 0.5) is 0 Å². The predicted molar refractivity (Wildman–Crippen MR) is 68.3 cm³/mol. The molecule has 0 aromatic carbocycles. The van der Waals surface area contributed by atoms with Crippen molar-refractivity contribution in [3.63, 3.8) is 0 Å². The molecular weight excluding hydrogens is 252 g/mol. The number of H-pyrrole nitrogens is 1. The lowest BCUT2D eigenvalue weighted by Gasteiger charge is -2.25. The summed E-state index contributed by atoms with van der Waals surface area (Å²) in [6.45, 7) is 2.41. The van der Waals surface area contributed by atoms with Crippen molar-refractivity contribution < 1.29 is 8.42 Å². The van der Waals surface area contributed by atoms with Crippen LogP contribution in [0.5, 0.6) is 0 Å². The van der Waals surface area contributed by atoms with Crippen LogP contribution in [-0.2, 0) is 16.4 Å². The minimum atomic E-state index is -3.53. The van der Waals surface area contributed by atoms with Gasteiger partial charge in [-0.15, -0.1) is 0 Å². The zero-order valence-corrected chi connectivity index (χ0v) is 11.4. The number of nitrogens with zero attached hydrogens (tertiary/aromatic N) is 2. The number of sulfonamides is 1. The topological polar surface area (TPSA) is 92.1 Å². The SMILES string of the molecule is CCc1ncc(S(=O)(=O)N2CCCCCC2N)[nH]1. The zero-order valence-electron chi connectivity index (χ0n) is 10.6. The molecule has 0 saturated carbocycles. The molecule has 0 amide bonds. The van der Waals surface area contributed by atoms with Crippen molar-refractivity contribution >= 4 is 10.0 Å². The number of nitrogens with two attached hydrogens (primary N) is 1. The molecule has 7 heteroatoms. The first kappa shape index (κ1) is 13.5. The number of aromatic nitrogens is 2. The number of imidazole rings is 1. The smallest absolute Gasteiger partial charge is 0.261 e. The predicted octanol–water partition coefficient (Wildman–Crippen LogP) is 0.822. The molecule has 0 aliphatic carbocycles. The summed E-state index contributed by atoms with van der Waals surface area (Å²) in [5, 5.41) is 0.150. The molecule has 1 fully saturated rings. The van der Waals surface area contributed by atoms with Gasteiger partial charge in [-0.3, -0.25) is 0 Å². The van der Waals surface area contributed by atoms with Gasteiger partial charge in [0.15, 0.2) is 5.03 Å². The third-order valence-electron chi connectivity index (χ3n) is 3.27. The van der Waals surface area contributed by atoms with Crippen LogP contribution in [0, 0.1) is 0 Å². The summed E-state index contributed by atoms with van der Waals surface area (Å²) in [7, 11) is -3.53. The summed E-state index contributed by atoms with van der Waals surface area (Å²) in [6.07, 6.45) is 5.23. The maximum absolute atomic E-state index is 12.5. The standard InChI is InChI=1S/C11H20N4O2S/c1-2-10-13-8-11(14-10)18(16,17)15-7-5-3-4-6-9(15)12/h8-9H,2-7,12H2,1H3,(H,13,14). The van der Waals surface area contributed by atoms with Gasteiger partial charge in [0, 0.05) is 13.0 Å². The summed E-state index contributed by atoms with van der Waals surface area (Å²) in [5.74, 6) is 0.678. The third-order valence-corrected chi connectivity index (χ3v) is 5.11. The molecule has 1 atom stereocenters. The zero-order chi connectivity index (χ0) is 13.2. The van der Waals surface area contributed by atoms with Gasteiger partial charge in [-0.25, -0.2) is 13.4 Å². The molecule has 1 aromatic heterocycles. The van der Waals surface area contributed by atoms with Gasteiger partial charge in [-0.05, 0) is 12.8 Å². The molecule has 3 N–H and O–H groups in total. The number of hydrogen-bond donors (Lipinski definition) is 2. The van der Waals surface area contributed by atoms with Crippen molar-refractivity contribution in [3.05, 3.63) is 12.0 Å². The Balaban J connectivity index is 2.28. The molecule has 0 bridgehead atoms. The maximum Gasteiger partial charge on any atom is 0.261 e. The quantitative estimate of drug-likeness (QED) is 0.852. The average molecular weight is 272 g/mol. The van der Waals surface area contributed by atoms with Crippen molar-refractivity contribution in [1.29, 1.82) is 0 Å². The van der Waals surface area contributed by atoms with Crippen LogP contribution in [-0.4, -0.2) is 35.4 Å². The molecule has 1 unspecified atom stereocenters. The second kappa shape index (κ2) is 5.38. The molecule has 1 aliphatic rings. The van der Waals surface area contributed by atoms with Gasteiger partial charge in [0.25, 0.3) is 10.0 Å². The fourth-order valence-corrected chi connectivity index (χ4v) is 3.70. The van der Waals surface area contributed by atoms with E-state index in [1.165, 1.54) is 10.5 Å². The second-order valence-corrected chi connectivity index (χ2v) is 6.44. The van der Waals surface area contributed by atoms with Crippen molar-refractivity contribution in [2.75, 3.05) is 6.54 Å².